The number of nitrogens with zero attached hydrogens (tertiary/aromatic N) is 5. The predicted molar refractivity (Wildman–Crippen MR) is 115 cm³/mol. The lowest BCUT2D eigenvalue weighted by molar-refractivity contribution is -0.0415. The largest absolute Gasteiger partial charge is 0.438 e. The van der Waals surface area contributed by atoms with Gasteiger partial charge in [0.15, 0.2) is 6.39 Å². The highest BCUT2D eigenvalue weighted by molar-refractivity contribution is 5.92. The van der Waals surface area contributed by atoms with Crippen LogP contribution >= 0.6 is 0 Å². The zero-order valence-electron chi connectivity index (χ0n) is 18.1. The maximum absolute atomic E-state index is 12.8. The van der Waals surface area contributed by atoms with Gasteiger partial charge in [-0.05, 0) is 43.7 Å². The number of oxazole rings is 1. The lowest BCUT2D eigenvalue weighted by Crippen LogP contribution is -2.54. The number of amides is 1. The molecule has 0 saturated carbocycles. The Morgan fingerprint density at radius 1 is 1.29 bits per heavy atom. The van der Waals surface area contributed by atoms with Crippen molar-refractivity contribution in [3.05, 3.63) is 47.9 Å². The summed E-state index contributed by atoms with van der Waals surface area (Å²) in [6.45, 7) is 5.42. The molecule has 5 rings (SSSR count). The molecule has 2 saturated heterocycles. The summed E-state index contributed by atoms with van der Waals surface area (Å²) in [6.07, 6.45) is 3.51. The van der Waals surface area contributed by atoms with Crippen LogP contribution in [0.15, 0.2) is 35.1 Å². The van der Waals surface area contributed by atoms with Gasteiger partial charge in [0.25, 0.3) is 5.91 Å². The van der Waals surface area contributed by atoms with E-state index in [-0.39, 0.29) is 17.4 Å². The van der Waals surface area contributed by atoms with E-state index in [9.17, 15) is 9.90 Å². The fraction of sp³-hybridized carbons (Fsp3) is 0.522. The van der Waals surface area contributed by atoms with Crippen molar-refractivity contribution in [1.29, 1.82) is 0 Å². The average Bonchev–Trinajstić information content (AvgIpc) is 3.31. The summed E-state index contributed by atoms with van der Waals surface area (Å²) in [5, 5.41) is 10.7. The van der Waals surface area contributed by atoms with Crippen molar-refractivity contribution in [3.63, 3.8) is 0 Å². The minimum absolute atomic E-state index is 0.0233. The van der Waals surface area contributed by atoms with E-state index in [1.54, 1.807) is 6.92 Å². The van der Waals surface area contributed by atoms with Crippen molar-refractivity contribution >= 4 is 16.9 Å². The quantitative estimate of drug-likeness (QED) is 0.696. The monoisotopic (exact) mass is 423 g/mol. The Labute approximate surface area is 181 Å². The van der Waals surface area contributed by atoms with Crippen LogP contribution in [-0.4, -0.2) is 67.6 Å². The summed E-state index contributed by atoms with van der Waals surface area (Å²) < 4.78 is 7.44. The summed E-state index contributed by atoms with van der Waals surface area (Å²) in [5.41, 5.74) is 2.78. The van der Waals surface area contributed by atoms with E-state index in [0.717, 1.165) is 42.7 Å². The van der Waals surface area contributed by atoms with Crippen molar-refractivity contribution in [2.45, 2.75) is 38.8 Å². The van der Waals surface area contributed by atoms with Gasteiger partial charge in [-0.25, -0.2) is 9.97 Å². The molecule has 31 heavy (non-hydrogen) atoms. The van der Waals surface area contributed by atoms with Gasteiger partial charge in [-0.1, -0.05) is 12.1 Å². The summed E-state index contributed by atoms with van der Waals surface area (Å²) in [5.74, 6) is 1.26. The van der Waals surface area contributed by atoms with Crippen LogP contribution in [0.5, 0.6) is 0 Å². The summed E-state index contributed by atoms with van der Waals surface area (Å²) >= 11 is 0. The second kappa shape index (κ2) is 7.76. The summed E-state index contributed by atoms with van der Waals surface area (Å²) in [7, 11) is 2.05. The van der Waals surface area contributed by atoms with Crippen LogP contribution in [0.3, 0.4) is 0 Å². The topological polar surface area (TPSA) is 87.6 Å². The zero-order chi connectivity index (χ0) is 21.6. The Kier molecular flexibility index (Phi) is 5.06. The minimum Gasteiger partial charge on any atom is -0.438 e. The number of hydrogen-bond acceptors (Lipinski definition) is 6. The van der Waals surface area contributed by atoms with Crippen LogP contribution in [-0.2, 0) is 13.6 Å². The highest BCUT2D eigenvalue weighted by Gasteiger charge is 2.43. The third-order valence-electron chi connectivity index (χ3n) is 6.99. The molecule has 1 amide bonds. The Hall–Kier alpha value is -2.71. The number of aliphatic hydroxyl groups is 1. The van der Waals surface area contributed by atoms with Gasteiger partial charge in [-0.2, -0.15) is 0 Å². The number of likely N-dealkylation sites (tertiary alicyclic amines) is 2. The van der Waals surface area contributed by atoms with Crippen molar-refractivity contribution in [2.24, 2.45) is 12.5 Å². The zero-order valence-corrected chi connectivity index (χ0v) is 18.1. The Morgan fingerprint density at radius 2 is 2.06 bits per heavy atom. The lowest BCUT2D eigenvalue weighted by Gasteiger charge is -2.49. The first-order chi connectivity index (χ1) is 14.9. The number of benzene rings is 1. The fourth-order valence-electron chi connectivity index (χ4n) is 5.32. The van der Waals surface area contributed by atoms with Gasteiger partial charge in [0.05, 0.1) is 29.4 Å². The van der Waals surface area contributed by atoms with E-state index < -0.39 is 0 Å². The first-order valence-corrected chi connectivity index (χ1v) is 10.9. The molecule has 8 heteroatoms. The van der Waals surface area contributed by atoms with E-state index in [4.69, 9.17) is 9.40 Å². The highest BCUT2D eigenvalue weighted by atomic mass is 16.3. The van der Waals surface area contributed by atoms with Crippen LogP contribution in [0.1, 0.15) is 41.3 Å². The average molecular weight is 424 g/mol. The number of imidazole rings is 1. The molecule has 0 aliphatic carbocycles. The van der Waals surface area contributed by atoms with Crippen molar-refractivity contribution in [1.82, 2.24) is 24.3 Å². The Morgan fingerprint density at radius 3 is 2.77 bits per heavy atom. The van der Waals surface area contributed by atoms with Crippen molar-refractivity contribution in [3.8, 4) is 0 Å². The minimum atomic E-state index is -0.359. The number of para-hydroxylation sites is 2. The standard InChI is InChI=1S/C23H29N5O3/c1-16-21(31-15-24-16)22(30)28-9-7-23(8-10-28)11-17(29)12-27(14-23)13-20-25-18-5-3-4-6-19(18)26(20)2/h3-6,15,17,29H,7-14H2,1-2H3. The first kappa shape index (κ1) is 20.2. The van der Waals surface area contributed by atoms with E-state index in [0.29, 0.717) is 37.6 Å². The van der Waals surface area contributed by atoms with E-state index in [1.165, 1.54) is 6.39 Å². The molecule has 1 unspecified atom stereocenters. The maximum Gasteiger partial charge on any atom is 0.291 e. The van der Waals surface area contributed by atoms with Crippen LogP contribution in [0.2, 0.25) is 0 Å². The number of piperidine rings is 2. The molecule has 2 aliphatic heterocycles. The summed E-state index contributed by atoms with van der Waals surface area (Å²) in [6, 6.07) is 8.16. The van der Waals surface area contributed by atoms with Crippen LogP contribution in [0.25, 0.3) is 11.0 Å². The molecular formula is C23H29N5O3. The smallest absolute Gasteiger partial charge is 0.291 e. The van der Waals surface area contributed by atoms with Gasteiger partial charge in [-0.3, -0.25) is 9.69 Å². The Balaban J connectivity index is 1.28. The van der Waals surface area contributed by atoms with Crippen molar-refractivity contribution in [2.75, 3.05) is 26.2 Å². The molecule has 0 bridgehead atoms. The predicted octanol–water partition coefficient (Wildman–Crippen LogP) is 2.36. The van der Waals surface area contributed by atoms with Gasteiger partial charge in [-0.15, -0.1) is 0 Å². The molecular weight excluding hydrogens is 394 g/mol. The molecule has 8 nitrogen and oxygen atoms in total. The molecule has 1 spiro atoms. The van der Waals surface area contributed by atoms with Gasteiger partial charge >= 0.3 is 0 Å². The number of rotatable bonds is 3. The number of carbonyl (C=O) groups is 1. The second-order valence-electron chi connectivity index (χ2n) is 9.16. The van der Waals surface area contributed by atoms with Crippen molar-refractivity contribution < 1.29 is 14.3 Å². The molecule has 4 heterocycles. The van der Waals surface area contributed by atoms with Gasteiger partial charge in [0, 0.05) is 33.2 Å². The van der Waals surface area contributed by atoms with Crippen LogP contribution in [0, 0.1) is 12.3 Å². The number of hydrogen-bond donors (Lipinski definition) is 1. The number of aryl methyl sites for hydroxylation is 2. The molecule has 1 aromatic carbocycles. The fourth-order valence-corrected chi connectivity index (χ4v) is 5.32. The molecule has 1 atom stereocenters. The normalized spacial score (nSPS) is 21.8. The molecule has 164 valence electrons. The van der Waals surface area contributed by atoms with E-state index >= 15 is 0 Å². The molecule has 2 fully saturated rings. The maximum atomic E-state index is 12.8. The second-order valence-corrected chi connectivity index (χ2v) is 9.16. The summed E-state index contributed by atoms with van der Waals surface area (Å²) in [4.78, 5) is 25.8. The molecule has 0 radical (unpaired) electrons. The molecule has 2 aromatic heterocycles. The number of aromatic nitrogens is 3. The van der Waals surface area contributed by atoms with Crippen LogP contribution < -0.4 is 0 Å². The molecule has 1 N–H and O–H groups in total. The van der Waals surface area contributed by atoms with Gasteiger partial charge < -0.3 is 19.0 Å². The SMILES string of the molecule is Cc1ncoc1C(=O)N1CCC2(CC1)CC(O)CN(Cc1nc3ccccc3n1C)C2. The van der Waals surface area contributed by atoms with E-state index in [1.807, 2.05) is 23.1 Å². The highest BCUT2D eigenvalue weighted by Crippen LogP contribution is 2.40. The number of aliphatic hydroxyl groups excluding tert-OH is 1. The lowest BCUT2D eigenvalue weighted by atomic mass is 9.71. The number of β-amino-alcohol motifs (C(OH)–C–C–N with tert-alkyl or cyclic N) is 1. The van der Waals surface area contributed by atoms with Gasteiger partial charge in [0.1, 0.15) is 5.82 Å². The first-order valence-electron chi connectivity index (χ1n) is 10.9. The van der Waals surface area contributed by atoms with Crippen LogP contribution in [0.4, 0.5) is 0 Å². The third-order valence-corrected chi connectivity index (χ3v) is 6.99. The number of fused-ring (bicyclic) bond motifs is 1. The molecule has 2 aliphatic rings. The Bertz CT molecular complexity index is 1100. The number of carbonyl (C=O) groups excluding carboxylic acids is 1. The third kappa shape index (κ3) is 3.74. The molecule has 3 aromatic rings. The van der Waals surface area contributed by atoms with Gasteiger partial charge in [0.2, 0.25) is 5.76 Å². The van der Waals surface area contributed by atoms with E-state index in [2.05, 4.69) is 27.6 Å².